The van der Waals surface area contributed by atoms with Crippen LogP contribution in [0.2, 0.25) is 0 Å². The summed E-state index contributed by atoms with van der Waals surface area (Å²) in [6.45, 7) is 2.41. The Kier molecular flexibility index (Phi) is 4.51. The number of aromatic nitrogens is 4. The van der Waals surface area contributed by atoms with Crippen LogP contribution in [0.4, 0.5) is 10.1 Å². The number of hydrogen-bond donors (Lipinski definition) is 0. The van der Waals surface area contributed by atoms with Crippen LogP contribution in [0.1, 0.15) is 94.2 Å². The van der Waals surface area contributed by atoms with Gasteiger partial charge in [-0.2, -0.15) is 9.97 Å². The number of aryl methyl sites for hydroxylation is 1. The molecule has 0 spiro atoms. The van der Waals surface area contributed by atoms with Crippen molar-refractivity contribution in [1.29, 1.82) is 0 Å². The zero-order valence-electron chi connectivity index (χ0n) is 21.7. The fourth-order valence-electron chi connectivity index (χ4n) is 7.80. The van der Waals surface area contributed by atoms with Crippen molar-refractivity contribution in [3.05, 3.63) is 41.9 Å². The normalized spacial score (nSPS) is 35.0. The summed E-state index contributed by atoms with van der Waals surface area (Å²) in [6, 6.07) is 7.83. The summed E-state index contributed by atoms with van der Waals surface area (Å²) < 4.78 is 25.5. The zero-order chi connectivity index (χ0) is 25.8. The molecule has 9 heteroatoms. The summed E-state index contributed by atoms with van der Waals surface area (Å²) in [4.78, 5) is 25.2. The number of carbonyl (C=O) groups is 1. The molecule has 7 aliphatic rings. The van der Waals surface area contributed by atoms with Gasteiger partial charge in [0.2, 0.25) is 23.5 Å². The van der Waals surface area contributed by atoms with E-state index in [4.69, 9.17) is 14.0 Å². The van der Waals surface area contributed by atoms with E-state index in [9.17, 15) is 9.18 Å². The van der Waals surface area contributed by atoms with Gasteiger partial charge in [-0.05, 0) is 88.2 Å². The fourth-order valence-corrected chi connectivity index (χ4v) is 7.80. The molecule has 4 bridgehead atoms. The number of rotatable bonds is 7. The van der Waals surface area contributed by atoms with Gasteiger partial charge < -0.3 is 13.9 Å². The molecule has 1 aromatic carbocycles. The Morgan fingerprint density at radius 3 is 2.39 bits per heavy atom. The molecule has 8 nitrogen and oxygen atoms in total. The van der Waals surface area contributed by atoms with Gasteiger partial charge in [0.1, 0.15) is 5.67 Å². The van der Waals surface area contributed by atoms with Crippen molar-refractivity contribution in [1.82, 2.24) is 20.3 Å². The number of benzene rings is 1. The van der Waals surface area contributed by atoms with Crippen LogP contribution in [0.25, 0.3) is 11.4 Å². The number of halogens is 1. The number of carbonyl (C=O) groups excluding carboxylic acids is 1. The van der Waals surface area contributed by atoms with Gasteiger partial charge in [-0.15, -0.1) is 0 Å². The van der Waals surface area contributed by atoms with E-state index in [0.717, 1.165) is 74.3 Å². The van der Waals surface area contributed by atoms with Crippen LogP contribution in [0, 0.1) is 17.8 Å². The lowest BCUT2D eigenvalue weighted by atomic mass is 9.41. The lowest BCUT2D eigenvalue weighted by molar-refractivity contribution is -0.211. The van der Waals surface area contributed by atoms with Crippen LogP contribution >= 0.6 is 0 Å². The summed E-state index contributed by atoms with van der Waals surface area (Å²) >= 11 is 0. The average Bonchev–Trinajstić information content (AvgIpc) is 3.45. The summed E-state index contributed by atoms with van der Waals surface area (Å²) in [5.41, 5.74) is -0.0185. The van der Waals surface area contributed by atoms with Crippen molar-refractivity contribution < 1.29 is 18.2 Å². The largest absolute Gasteiger partial charge is 0.339 e. The first-order valence-electron chi connectivity index (χ1n) is 14.0. The minimum Gasteiger partial charge on any atom is -0.339 e. The van der Waals surface area contributed by atoms with Gasteiger partial charge in [0.15, 0.2) is 5.82 Å². The molecule has 0 saturated heterocycles. The molecule has 1 amide bonds. The highest BCUT2D eigenvalue weighted by atomic mass is 19.1. The van der Waals surface area contributed by atoms with Crippen LogP contribution in [0.5, 0.6) is 0 Å². The molecular weight excluding hydrogens is 485 g/mol. The van der Waals surface area contributed by atoms with Gasteiger partial charge >= 0.3 is 0 Å². The van der Waals surface area contributed by atoms with Crippen molar-refractivity contribution >= 4 is 11.6 Å². The molecule has 3 aromatic rings. The van der Waals surface area contributed by atoms with E-state index in [1.807, 2.05) is 29.2 Å². The average molecular weight is 518 g/mol. The molecule has 2 heterocycles. The molecule has 0 radical (unpaired) electrons. The van der Waals surface area contributed by atoms with Gasteiger partial charge in [-0.1, -0.05) is 22.4 Å². The predicted molar refractivity (Wildman–Crippen MR) is 135 cm³/mol. The van der Waals surface area contributed by atoms with Crippen LogP contribution in [0.3, 0.4) is 0 Å². The Morgan fingerprint density at radius 2 is 1.76 bits per heavy atom. The maximum Gasteiger partial charge on any atom is 0.233 e. The van der Waals surface area contributed by atoms with E-state index in [2.05, 4.69) is 15.3 Å². The van der Waals surface area contributed by atoms with E-state index in [-0.39, 0.29) is 16.7 Å². The smallest absolute Gasteiger partial charge is 0.233 e. The molecule has 10 rings (SSSR count). The van der Waals surface area contributed by atoms with E-state index in [1.165, 1.54) is 0 Å². The second-order valence-corrected chi connectivity index (χ2v) is 13.1. The summed E-state index contributed by atoms with van der Waals surface area (Å²) in [7, 11) is 0. The third-order valence-corrected chi connectivity index (χ3v) is 10.3. The van der Waals surface area contributed by atoms with Crippen LogP contribution < -0.4 is 4.90 Å². The van der Waals surface area contributed by atoms with Crippen molar-refractivity contribution in [3.8, 4) is 11.4 Å². The highest BCUT2D eigenvalue weighted by molar-refractivity contribution is 6.00. The number of alkyl halides is 1. The highest BCUT2D eigenvalue weighted by Gasteiger charge is 2.73. The first-order valence-corrected chi connectivity index (χ1v) is 14.0. The zero-order valence-corrected chi connectivity index (χ0v) is 21.7. The first kappa shape index (κ1) is 22.8. The van der Waals surface area contributed by atoms with E-state index < -0.39 is 11.1 Å². The van der Waals surface area contributed by atoms with Gasteiger partial charge in [0.25, 0.3) is 0 Å². The molecule has 0 unspecified atom stereocenters. The van der Waals surface area contributed by atoms with Gasteiger partial charge in [-0.25, -0.2) is 4.39 Å². The highest BCUT2D eigenvalue weighted by Crippen LogP contribution is 2.70. The molecule has 0 N–H and O–H groups in total. The molecule has 7 saturated carbocycles. The molecule has 198 valence electrons. The summed E-state index contributed by atoms with van der Waals surface area (Å²) in [6.07, 6.45) is 9.45. The Morgan fingerprint density at radius 1 is 1.03 bits per heavy atom. The van der Waals surface area contributed by atoms with E-state index in [0.29, 0.717) is 43.4 Å². The van der Waals surface area contributed by atoms with Crippen molar-refractivity contribution in [2.75, 3.05) is 11.4 Å². The van der Waals surface area contributed by atoms with Gasteiger partial charge in [-0.3, -0.25) is 4.79 Å². The second kappa shape index (κ2) is 7.51. The maximum absolute atomic E-state index is 14.5. The second-order valence-electron chi connectivity index (χ2n) is 13.1. The Bertz CT molecular complexity index is 1400. The molecule has 2 aromatic heterocycles. The number of fused-ring (bicyclic) bond motifs is 3. The molecule has 38 heavy (non-hydrogen) atoms. The number of anilines is 1. The summed E-state index contributed by atoms with van der Waals surface area (Å²) in [5.74, 6) is 3.27. The van der Waals surface area contributed by atoms with Crippen LogP contribution in [-0.4, -0.2) is 38.4 Å². The minimum absolute atomic E-state index is 0.0262. The number of hydrogen-bond acceptors (Lipinski definition) is 7. The molecule has 7 fully saturated rings. The molecule has 0 aliphatic heterocycles. The van der Waals surface area contributed by atoms with Gasteiger partial charge in [0.05, 0.1) is 5.41 Å². The third kappa shape index (κ3) is 3.35. The Balaban J connectivity index is 1.07. The van der Waals surface area contributed by atoms with E-state index in [1.54, 1.807) is 6.92 Å². The predicted octanol–water partition coefficient (Wildman–Crippen LogP) is 5.82. The van der Waals surface area contributed by atoms with Gasteiger partial charge in [0, 0.05) is 36.1 Å². The first-order chi connectivity index (χ1) is 18.3. The molecular formula is C29H32FN5O3. The van der Waals surface area contributed by atoms with Crippen LogP contribution in [-0.2, 0) is 10.2 Å². The maximum atomic E-state index is 14.5. The van der Waals surface area contributed by atoms with Crippen LogP contribution in [0.15, 0.2) is 33.3 Å². The quantitative estimate of drug-likeness (QED) is 0.389. The van der Waals surface area contributed by atoms with Crippen molar-refractivity contribution in [3.63, 3.8) is 0 Å². The lowest BCUT2D eigenvalue weighted by Crippen LogP contribution is -2.71. The standard InChI is InChI=1S/C29H32FN5O3/c1-18-31-23(33-37-18)20-3-2-4-21(13-20)35(25(36)28-14-29(30,15-28)16-28)17-26-7-10-27(11-8-26,12-9-26)24-32-22(34-38-24)19-5-6-19/h2-4,13,19H,5-12,14-17H2,1H3. The molecule has 0 atom stereocenters. The SMILES string of the molecule is Cc1nc(-c2cccc(N(CC34CCC(c5nc(C6CC6)no5)(CC3)CC4)C(=O)C34CC(F)(C3)C4)c2)no1. The minimum atomic E-state index is -1.12. The molecule has 7 aliphatic carbocycles. The van der Waals surface area contributed by atoms with E-state index >= 15 is 0 Å². The van der Waals surface area contributed by atoms with Crippen molar-refractivity contribution in [2.24, 2.45) is 10.8 Å². The Hall–Kier alpha value is -3.10. The fraction of sp³-hybridized carbons (Fsp3) is 0.621. The topological polar surface area (TPSA) is 98.2 Å². The van der Waals surface area contributed by atoms with Crippen molar-refractivity contribution in [2.45, 2.75) is 94.6 Å². The Labute approximate surface area is 220 Å². The lowest BCUT2D eigenvalue weighted by Gasteiger charge is -2.65. The number of nitrogens with zero attached hydrogens (tertiary/aromatic N) is 5. The third-order valence-electron chi connectivity index (χ3n) is 10.3. The summed E-state index contributed by atoms with van der Waals surface area (Å²) in [5, 5.41) is 8.36. The monoisotopic (exact) mass is 517 g/mol. The number of amides is 1.